The quantitative estimate of drug-likeness (QED) is 0.717. The van der Waals surface area contributed by atoms with Gasteiger partial charge in [-0.15, -0.1) is 0 Å². The molecular formula is C17H24N4O2. The van der Waals surface area contributed by atoms with E-state index in [4.69, 9.17) is 4.74 Å². The number of aliphatic hydroxyl groups is 1. The standard InChI is InChI=1S/C17H24N4O2/c1-13-3-2-4-16(7-13)23-12-15(22)10-18-8-14-9-19-17-5-6-20-21(17)11-14/h2-7,14-15,18-19,22H,8-12H2,1H3/t14-,15-/m0/s1. The lowest BCUT2D eigenvalue weighted by Gasteiger charge is -2.25. The number of hydrogen-bond donors (Lipinski definition) is 3. The van der Waals surface area contributed by atoms with Crippen LogP contribution in [-0.4, -0.2) is 47.2 Å². The molecule has 2 aromatic rings. The SMILES string of the molecule is Cc1cccc(OC[C@@H](O)CNC[C@H]2CNc3ccnn3C2)c1. The molecule has 6 heteroatoms. The first-order valence-electron chi connectivity index (χ1n) is 8.04. The Bertz CT molecular complexity index is 629. The zero-order valence-corrected chi connectivity index (χ0v) is 13.4. The second kappa shape index (κ2) is 7.48. The number of anilines is 1. The zero-order chi connectivity index (χ0) is 16.1. The van der Waals surface area contributed by atoms with Gasteiger partial charge in [0.1, 0.15) is 24.3 Å². The predicted molar refractivity (Wildman–Crippen MR) is 89.8 cm³/mol. The third kappa shape index (κ3) is 4.46. The number of aliphatic hydroxyl groups excluding tert-OH is 1. The van der Waals surface area contributed by atoms with Gasteiger partial charge < -0.3 is 20.5 Å². The van der Waals surface area contributed by atoms with Gasteiger partial charge in [0.15, 0.2) is 0 Å². The lowest BCUT2D eigenvalue weighted by Crippen LogP contribution is -2.39. The molecule has 0 amide bonds. The summed E-state index contributed by atoms with van der Waals surface area (Å²) in [6, 6.07) is 9.83. The number of benzene rings is 1. The minimum absolute atomic E-state index is 0.294. The molecule has 3 N–H and O–H groups in total. The zero-order valence-electron chi connectivity index (χ0n) is 13.4. The van der Waals surface area contributed by atoms with Crippen LogP contribution in [0.3, 0.4) is 0 Å². The molecule has 0 saturated carbocycles. The number of rotatable bonds is 7. The van der Waals surface area contributed by atoms with Gasteiger partial charge in [-0.25, -0.2) is 4.68 Å². The van der Waals surface area contributed by atoms with E-state index >= 15 is 0 Å². The maximum atomic E-state index is 10.0. The first kappa shape index (κ1) is 15.8. The molecule has 1 aromatic carbocycles. The molecule has 6 nitrogen and oxygen atoms in total. The average molecular weight is 316 g/mol. The Hall–Kier alpha value is -2.05. The number of aromatic nitrogens is 2. The lowest BCUT2D eigenvalue weighted by atomic mass is 10.1. The predicted octanol–water partition coefficient (Wildman–Crippen LogP) is 1.26. The number of hydrogen-bond acceptors (Lipinski definition) is 5. The van der Waals surface area contributed by atoms with Crippen molar-refractivity contribution in [2.75, 3.05) is 31.6 Å². The molecule has 3 rings (SSSR count). The van der Waals surface area contributed by atoms with E-state index < -0.39 is 6.10 Å². The Morgan fingerprint density at radius 1 is 1.48 bits per heavy atom. The van der Waals surface area contributed by atoms with Crippen LogP contribution in [0.4, 0.5) is 5.82 Å². The van der Waals surface area contributed by atoms with Crippen LogP contribution in [0.5, 0.6) is 5.75 Å². The van der Waals surface area contributed by atoms with E-state index in [0.29, 0.717) is 19.1 Å². The van der Waals surface area contributed by atoms with Crippen molar-refractivity contribution in [2.45, 2.75) is 19.6 Å². The minimum Gasteiger partial charge on any atom is -0.491 e. The second-order valence-corrected chi connectivity index (χ2v) is 6.09. The summed E-state index contributed by atoms with van der Waals surface area (Å²) in [5, 5.41) is 21.0. The molecule has 1 aliphatic rings. The van der Waals surface area contributed by atoms with Crippen LogP contribution >= 0.6 is 0 Å². The summed E-state index contributed by atoms with van der Waals surface area (Å²) < 4.78 is 7.59. The number of ether oxygens (including phenoxy) is 1. The van der Waals surface area contributed by atoms with Gasteiger partial charge in [0, 0.05) is 38.2 Å². The van der Waals surface area contributed by atoms with Crippen LogP contribution in [0.1, 0.15) is 5.56 Å². The minimum atomic E-state index is -0.521. The number of nitrogens with one attached hydrogen (secondary N) is 2. The van der Waals surface area contributed by atoms with Gasteiger partial charge in [-0.2, -0.15) is 5.10 Å². The second-order valence-electron chi connectivity index (χ2n) is 6.09. The summed E-state index contributed by atoms with van der Waals surface area (Å²) >= 11 is 0. The van der Waals surface area contributed by atoms with Crippen LogP contribution in [0.25, 0.3) is 0 Å². The third-order valence-electron chi connectivity index (χ3n) is 3.96. The van der Waals surface area contributed by atoms with E-state index in [1.807, 2.05) is 48.1 Å². The van der Waals surface area contributed by atoms with E-state index in [2.05, 4.69) is 15.7 Å². The fourth-order valence-electron chi connectivity index (χ4n) is 2.73. The van der Waals surface area contributed by atoms with E-state index in [9.17, 15) is 5.11 Å². The smallest absolute Gasteiger partial charge is 0.124 e. The van der Waals surface area contributed by atoms with Crippen molar-refractivity contribution in [3.63, 3.8) is 0 Å². The molecule has 0 saturated heterocycles. The maximum Gasteiger partial charge on any atom is 0.124 e. The van der Waals surface area contributed by atoms with Gasteiger partial charge in [-0.3, -0.25) is 0 Å². The Kier molecular flexibility index (Phi) is 5.15. The Labute approximate surface area is 136 Å². The molecule has 23 heavy (non-hydrogen) atoms. The van der Waals surface area contributed by atoms with E-state index in [1.165, 1.54) is 0 Å². The molecule has 0 aliphatic carbocycles. The first-order valence-corrected chi connectivity index (χ1v) is 8.04. The van der Waals surface area contributed by atoms with Gasteiger partial charge >= 0.3 is 0 Å². The van der Waals surface area contributed by atoms with E-state index in [-0.39, 0.29) is 0 Å². The van der Waals surface area contributed by atoms with Gasteiger partial charge in [0.25, 0.3) is 0 Å². The molecule has 0 fully saturated rings. The fourth-order valence-corrected chi connectivity index (χ4v) is 2.73. The molecule has 0 spiro atoms. The van der Waals surface area contributed by atoms with Crippen molar-refractivity contribution < 1.29 is 9.84 Å². The van der Waals surface area contributed by atoms with Crippen molar-refractivity contribution in [2.24, 2.45) is 5.92 Å². The molecule has 0 unspecified atom stereocenters. The van der Waals surface area contributed by atoms with Crippen molar-refractivity contribution in [3.8, 4) is 5.75 Å². The van der Waals surface area contributed by atoms with Crippen LogP contribution in [-0.2, 0) is 6.54 Å². The van der Waals surface area contributed by atoms with Gasteiger partial charge in [0.05, 0.1) is 6.20 Å². The van der Waals surface area contributed by atoms with Gasteiger partial charge in [0.2, 0.25) is 0 Å². The molecule has 0 bridgehead atoms. The molecule has 1 aliphatic heterocycles. The summed E-state index contributed by atoms with van der Waals surface area (Å²) in [5.41, 5.74) is 1.15. The monoisotopic (exact) mass is 316 g/mol. The van der Waals surface area contributed by atoms with Crippen LogP contribution in [0, 0.1) is 12.8 Å². The maximum absolute atomic E-state index is 10.0. The van der Waals surface area contributed by atoms with E-state index in [1.54, 1.807) is 0 Å². The Morgan fingerprint density at radius 3 is 3.26 bits per heavy atom. The third-order valence-corrected chi connectivity index (χ3v) is 3.96. The summed E-state index contributed by atoms with van der Waals surface area (Å²) in [7, 11) is 0. The highest BCUT2D eigenvalue weighted by Gasteiger charge is 2.18. The fraction of sp³-hybridized carbons (Fsp3) is 0.471. The molecule has 2 atom stereocenters. The van der Waals surface area contributed by atoms with Crippen molar-refractivity contribution >= 4 is 5.82 Å². The molecular weight excluding hydrogens is 292 g/mol. The molecule has 0 radical (unpaired) electrons. The lowest BCUT2D eigenvalue weighted by molar-refractivity contribution is 0.105. The normalized spacial score (nSPS) is 18.1. The Balaban J connectivity index is 1.34. The van der Waals surface area contributed by atoms with Gasteiger partial charge in [-0.1, -0.05) is 12.1 Å². The number of aryl methyl sites for hydroxylation is 1. The molecule has 1 aromatic heterocycles. The van der Waals surface area contributed by atoms with Crippen molar-refractivity contribution in [3.05, 3.63) is 42.1 Å². The largest absolute Gasteiger partial charge is 0.491 e. The molecule has 2 heterocycles. The van der Waals surface area contributed by atoms with Crippen LogP contribution in [0.15, 0.2) is 36.5 Å². The summed E-state index contributed by atoms with van der Waals surface area (Å²) in [6.07, 6.45) is 1.29. The van der Waals surface area contributed by atoms with Gasteiger partial charge in [-0.05, 0) is 24.6 Å². The van der Waals surface area contributed by atoms with Crippen LogP contribution in [0.2, 0.25) is 0 Å². The average Bonchev–Trinajstić information content (AvgIpc) is 3.01. The van der Waals surface area contributed by atoms with E-state index in [0.717, 1.165) is 36.8 Å². The van der Waals surface area contributed by atoms with Crippen LogP contribution < -0.4 is 15.4 Å². The van der Waals surface area contributed by atoms with Crippen molar-refractivity contribution in [1.82, 2.24) is 15.1 Å². The highest BCUT2D eigenvalue weighted by molar-refractivity contribution is 5.35. The highest BCUT2D eigenvalue weighted by atomic mass is 16.5. The molecule has 124 valence electrons. The topological polar surface area (TPSA) is 71.3 Å². The summed E-state index contributed by atoms with van der Waals surface area (Å²) in [6.45, 7) is 5.51. The summed E-state index contributed by atoms with van der Waals surface area (Å²) in [4.78, 5) is 0. The summed E-state index contributed by atoms with van der Waals surface area (Å²) in [5.74, 6) is 2.34. The Morgan fingerprint density at radius 2 is 2.39 bits per heavy atom. The number of fused-ring (bicyclic) bond motifs is 1. The van der Waals surface area contributed by atoms with Crippen molar-refractivity contribution in [1.29, 1.82) is 0 Å². The first-order chi connectivity index (χ1) is 11.2. The number of nitrogens with zero attached hydrogens (tertiary/aromatic N) is 2. The highest BCUT2D eigenvalue weighted by Crippen LogP contribution is 2.15.